The summed E-state index contributed by atoms with van der Waals surface area (Å²) in [7, 11) is 1.93. The van der Waals surface area contributed by atoms with Gasteiger partial charge < -0.3 is 9.64 Å². The molecule has 2 heterocycles. The number of rotatable bonds is 2. The van der Waals surface area contributed by atoms with E-state index in [2.05, 4.69) is 16.0 Å². The Bertz CT molecular complexity index is 807. The summed E-state index contributed by atoms with van der Waals surface area (Å²) < 4.78 is 19.0. The van der Waals surface area contributed by atoms with Gasteiger partial charge in [-0.1, -0.05) is 12.1 Å². The Balaban J connectivity index is 1.70. The van der Waals surface area contributed by atoms with Crippen molar-refractivity contribution in [3.8, 4) is 11.1 Å². The number of aromatic nitrogens is 1. The van der Waals surface area contributed by atoms with Crippen LogP contribution >= 0.6 is 0 Å². The van der Waals surface area contributed by atoms with Gasteiger partial charge in [-0.3, -0.25) is 4.98 Å². The maximum absolute atomic E-state index is 13.1. The Morgan fingerprint density at radius 2 is 1.74 bits per heavy atom. The Labute approximate surface area is 160 Å². The standard InChI is InChI=1S/C21H27FN3O2/c1-21(2,3)27-20(26)25(4)11-9-24(10-12-25)19-13-17(14-23-15-19)16-5-7-18(22)8-6-16/h5-8,13-15H,9-12H2,1-4H3/q+1. The van der Waals surface area contributed by atoms with Crippen LogP contribution in [0.1, 0.15) is 20.8 Å². The van der Waals surface area contributed by atoms with Crippen LogP contribution in [-0.4, -0.2) is 54.4 Å². The third-order valence-electron chi connectivity index (χ3n) is 4.83. The molecule has 144 valence electrons. The molecule has 5 nitrogen and oxygen atoms in total. The van der Waals surface area contributed by atoms with Crippen LogP contribution in [0, 0.1) is 5.82 Å². The zero-order valence-electron chi connectivity index (χ0n) is 16.4. The van der Waals surface area contributed by atoms with E-state index >= 15 is 0 Å². The first kappa shape index (κ1) is 19.3. The van der Waals surface area contributed by atoms with Crippen molar-refractivity contribution in [3.05, 3.63) is 48.5 Å². The lowest BCUT2D eigenvalue weighted by molar-refractivity contribution is -0.839. The molecule has 27 heavy (non-hydrogen) atoms. The van der Waals surface area contributed by atoms with Gasteiger partial charge in [0.05, 0.1) is 32.0 Å². The van der Waals surface area contributed by atoms with E-state index in [1.807, 2.05) is 34.0 Å². The Hall–Kier alpha value is -2.47. The Morgan fingerprint density at radius 1 is 1.11 bits per heavy atom. The monoisotopic (exact) mass is 372 g/mol. The summed E-state index contributed by atoms with van der Waals surface area (Å²) in [6, 6.07) is 8.47. The summed E-state index contributed by atoms with van der Waals surface area (Å²) in [6.07, 6.45) is 3.43. The van der Waals surface area contributed by atoms with Crippen LogP contribution < -0.4 is 4.90 Å². The average Bonchev–Trinajstić information content (AvgIpc) is 2.62. The molecular formula is C21H27FN3O2+. The first-order valence-electron chi connectivity index (χ1n) is 9.20. The summed E-state index contributed by atoms with van der Waals surface area (Å²) in [5.74, 6) is -0.252. The summed E-state index contributed by atoms with van der Waals surface area (Å²) in [6.45, 7) is 8.50. The predicted octanol–water partition coefficient (Wildman–Crippen LogP) is 4.09. The van der Waals surface area contributed by atoms with Gasteiger partial charge in [-0.15, -0.1) is 0 Å². The number of ether oxygens (including phenoxy) is 1. The number of hydrogen-bond donors (Lipinski definition) is 0. The summed E-state index contributed by atoms with van der Waals surface area (Å²) in [5.41, 5.74) is 2.40. The number of pyridine rings is 1. The second-order valence-electron chi connectivity index (χ2n) is 8.25. The van der Waals surface area contributed by atoms with E-state index in [0.717, 1.165) is 29.9 Å². The van der Waals surface area contributed by atoms with Gasteiger partial charge in [0.1, 0.15) is 24.5 Å². The molecule has 0 aliphatic carbocycles. The second-order valence-corrected chi connectivity index (χ2v) is 8.25. The van der Waals surface area contributed by atoms with Crippen LogP contribution in [0.5, 0.6) is 0 Å². The van der Waals surface area contributed by atoms with E-state index in [1.54, 1.807) is 18.3 Å². The average molecular weight is 372 g/mol. The molecular weight excluding hydrogens is 345 g/mol. The van der Waals surface area contributed by atoms with Gasteiger partial charge in [0.2, 0.25) is 0 Å². The van der Waals surface area contributed by atoms with E-state index in [4.69, 9.17) is 4.74 Å². The van der Waals surface area contributed by atoms with E-state index in [-0.39, 0.29) is 16.4 Å². The molecule has 0 atom stereocenters. The number of carbonyl (C=O) groups is 1. The van der Waals surface area contributed by atoms with Gasteiger partial charge in [0, 0.05) is 11.8 Å². The molecule has 0 radical (unpaired) electrons. The molecule has 0 N–H and O–H groups in total. The van der Waals surface area contributed by atoms with Crippen LogP contribution in [0.2, 0.25) is 0 Å². The molecule has 1 aliphatic heterocycles. The first-order valence-corrected chi connectivity index (χ1v) is 9.20. The van der Waals surface area contributed by atoms with Crippen molar-refractivity contribution in [2.45, 2.75) is 26.4 Å². The number of halogens is 1. The van der Waals surface area contributed by atoms with Crippen LogP contribution in [-0.2, 0) is 4.74 Å². The van der Waals surface area contributed by atoms with Crippen molar-refractivity contribution < 1.29 is 18.4 Å². The van der Waals surface area contributed by atoms with Crippen LogP contribution in [0.15, 0.2) is 42.7 Å². The maximum Gasteiger partial charge on any atom is 0.516 e. The van der Waals surface area contributed by atoms with Gasteiger partial charge in [0.15, 0.2) is 0 Å². The van der Waals surface area contributed by atoms with E-state index in [0.29, 0.717) is 13.1 Å². The zero-order valence-corrected chi connectivity index (χ0v) is 16.4. The van der Waals surface area contributed by atoms with Gasteiger partial charge in [-0.25, -0.2) is 8.87 Å². The highest BCUT2D eigenvalue weighted by molar-refractivity contribution is 5.67. The van der Waals surface area contributed by atoms with E-state index < -0.39 is 5.60 Å². The lowest BCUT2D eigenvalue weighted by Gasteiger charge is -2.40. The summed E-state index contributed by atoms with van der Waals surface area (Å²) in [4.78, 5) is 19.1. The number of nitrogens with zero attached hydrogens (tertiary/aromatic N) is 3. The quantitative estimate of drug-likeness (QED) is 0.745. The number of amides is 1. The lowest BCUT2D eigenvalue weighted by atomic mass is 10.1. The highest BCUT2D eigenvalue weighted by Crippen LogP contribution is 2.26. The summed E-state index contributed by atoms with van der Waals surface area (Å²) in [5, 5.41) is 0. The third kappa shape index (κ3) is 4.63. The fourth-order valence-corrected chi connectivity index (χ4v) is 3.12. The highest BCUT2D eigenvalue weighted by atomic mass is 19.1. The van der Waals surface area contributed by atoms with Crippen molar-refractivity contribution in [2.24, 2.45) is 0 Å². The minimum atomic E-state index is -0.483. The summed E-state index contributed by atoms with van der Waals surface area (Å²) >= 11 is 0. The predicted molar refractivity (Wildman–Crippen MR) is 104 cm³/mol. The van der Waals surface area contributed by atoms with Crippen LogP contribution in [0.4, 0.5) is 14.9 Å². The van der Waals surface area contributed by atoms with Gasteiger partial charge in [0.25, 0.3) is 0 Å². The number of piperazine rings is 1. The van der Waals surface area contributed by atoms with Crippen molar-refractivity contribution in [1.29, 1.82) is 0 Å². The number of anilines is 1. The minimum Gasteiger partial charge on any atom is -0.414 e. The second kappa shape index (κ2) is 7.27. The van der Waals surface area contributed by atoms with E-state index in [9.17, 15) is 9.18 Å². The molecule has 0 saturated carbocycles. The fourth-order valence-electron chi connectivity index (χ4n) is 3.12. The zero-order chi connectivity index (χ0) is 19.7. The molecule has 1 aromatic carbocycles. The van der Waals surface area contributed by atoms with Gasteiger partial charge in [-0.2, -0.15) is 4.79 Å². The van der Waals surface area contributed by atoms with Crippen molar-refractivity contribution in [2.75, 3.05) is 38.1 Å². The number of carbonyl (C=O) groups excluding carboxylic acids is 1. The molecule has 6 heteroatoms. The minimum absolute atomic E-state index is 0.180. The molecule has 1 fully saturated rings. The molecule has 0 bridgehead atoms. The lowest BCUT2D eigenvalue weighted by Crippen LogP contribution is -2.61. The van der Waals surface area contributed by atoms with Crippen molar-refractivity contribution in [1.82, 2.24) is 4.98 Å². The molecule has 1 saturated heterocycles. The molecule has 3 rings (SSSR count). The van der Waals surface area contributed by atoms with Crippen LogP contribution in [0.3, 0.4) is 0 Å². The molecule has 1 aliphatic rings. The fraction of sp³-hybridized carbons (Fsp3) is 0.429. The van der Waals surface area contributed by atoms with Gasteiger partial charge >= 0.3 is 6.09 Å². The largest absolute Gasteiger partial charge is 0.516 e. The smallest absolute Gasteiger partial charge is 0.414 e. The highest BCUT2D eigenvalue weighted by Gasteiger charge is 2.40. The molecule has 2 aromatic rings. The Kier molecular flexibility index (Phi) is 5.20. The molecule has 1 amide bonds. The first-order chi connectivity index (χ1) is 12.7. The Morgan fingerprint density at radius 3 is 2.33 bits per heavy atom. The van der Waals surface area contributed by atoms with Crippen LogP contribution in [0.25, 0.3) is 11.1 Å². The number of likely N-dealkylation sites (N-methyl/N-ethyl adjacent to an activating group) is 1. The van der Waals surface area contributed by atoms with Crippen molar-refractivity contribution >= 4 is 11.8 Å². The SMILES string of the molecule is CC(C)(C)OC(=O)[N+]1(C)CCN(c2cncc(-c3ccc(F)cc3)c2)CC1. The topological polar surface area (TPSA) is 42.4 Å². The molecule has 0 unspecified atom stereocenters. The number of quaternary nitrogens is 1. The number of hydrogen-bond acceptors (Lipinski definition) is 4. The van der Waals surface area contributed by atoms with Gasteiger partial charge in [-0.05, 0) is 44.5 Å². The normalized spacial score (nSPS) is 16.9. The third-order valence-corrected chi connectivity index (χ3v) is 4.83. The molecule has 0 spiro atoms. The van der Waals surface area contributed by atoms with Crippen molar-refractivity contribution in [3.63, 3.8) is 0 Å². The number of benzene rings is 1. The maximum atomic E-state index is 13.1. The van der Waals surface area contributed by atoms with E-state index in [1.165, 1.54) is 12.1 Å². The molecule has 1 aromatic heterocycles.